The summed E-state index contributed by atoms with van der Waals surface area (Å²) in [4.78, 5) is 0. The van der Waals surface area contributed by atoms with Crippen LogP contribution in [0, 0.1) is 0 Å². The van der Waals surface area contributed by atoms with Crippen molar-refractivity contribution in [3.8, 4) is 0 Å². The maximum absolute atomic E-state index is 3.52. The van der Waals surface area contributed by atoms with E-state index in [4.69, 9.17) is 0 Å². The Morgan fingerprint density at radius 3 is 1.41 bits per heavy atom. The molecule has 0 nitrogen and oxygen atoms in total. The third-order valence-electron chi connectivity index (χ3n) is 4.64. The summed E-state index contributed by atoms with van der Waals surface area (Å²) in [7, 11) is -1.70. The first kappa shape index (κ1) is 21.9. The zero-order chi connectivity index (χ0) is 18.1. The third kappa shape index (κ3) is 5.32. The highest BCUT2D eigenvalue weighted by Gasteiger charge is 2.43. The molecule has 3 aromatic carbocycles. The minimum atomic E-state index is -1.70. The van der Waals surface area contributed by atoms with E-state index in [2.05, 4.69) is 119 Å². The van der Waals surface area contributed by atoms with Gasteiger partial charge in [0.15, 0.2) is 0 Å². The molecule has 0 N–H and O–H groups in total. The Bertz CT molecular complexity index is 707. The molecule has 3 aromatic rings. The van der Waals surface area contributed by atoms with Gasteiger partial charge < -0.3 is 12.4 Å². The molecule has 0 aliphatic rings. The Kier molecular flexibility index (Phi) is 9.28. The van der Waals surface area contributed by atoms with Gasteiger partial charge in [-0.25, -0.2) is 0 Å². The van der Waals surface area contributed by atoms with Crippen molar-refractivity contribution in [3.05, 3.63) is 103 Å². The second kappa shape index (κ2) is 11.4. The Hall–Kier alpha value is -1.40. The van der Waals surface area contributed by atoms with Crippen LogP contribution in [-0.2, 0) is 0 Å². The van der Waals surface area contributed by atoms with Crippen LogP contribution in [0.1, 0.15) is 12.8 Å². The summed E-state index contributed by atoms with van der Waals surface area (Å²) < 4.78 is 0. The molecular formula is C24H25BrClP. The van der Waals surface area contributed by atoms with Crippen molar-refractivity contribution in [2.45, 2.75) is 12.8 Å². The predicted octanol–water partition coefficient (Wildman–Crippen LogP) is 2.72. The van der Waals surface area contributed by atoms with Crippen LogP contribution in [0.4, 0.5) is 0 Å². The molecule has 140 valence electrons. The van der Waals surface area contributed by atoms with E-state index in [0.29, 0.717) is 0 Å². The summed E-state index contributed by atoms with van der Waals surface area (Å²) >= 11 is 3.52. The predicted molar refractivity (Wildman–Crippen MR) is 122 cm³/mol. The second-order valence-electron chi connectivity index (χ2n) is 6.30. The molecule has 0 heterocycles. The summed E-state index contributed by atoms with van der Waals surface area (Å²) in [5.41, 5.74) is 0. The smallest absolute Gasteiger partial charge is 0.115 e. The first-order chi connectivity index (χ1) is 12.9. The number of alkyl halides is 1. The highest BCUT2D eigenvalue weighted by Crippen LogP contribution is 2.55. The van der Waals surface area contributed by atoms with Crippen LogP contribution >= 0.6 is 23.2 Å². The van der Waals surface area contributed by atoms with Crippen LogP contribution in [0.5, 0.6) is 0 Å². The fourth-order valence-corrected chi connectivity index (χ4v) is 7.72. The molecule has 0 saturated heterocycles. The normalized spacial score (nSPS) is 11.3. The molecule has 0 bridgehead atoms. The number of allylic oxidation sites excluding steroid dienone is 2. The van der Waals surface area contributed by atoms with E-state index >= 15 is 0 Å². The van der Waals surface area contributed by atoms with Crippen LogP contribution in [0.3, 0.4) is 0 Å². The largest absolute Gasteiger partial charge is 1.00 e. The maximum Gasteiger partial charge on any atom is 0.115 e. The van der Waals surface area contributed by atoms with Crippen molar-refractivity contribution in [2.75, 3.05) is 11.5 Å². The van der Waals surface area contributed by atoms with Gasteiger partial charge >= 0.3 is 0 Å². The molecular weight excluding hydrogens is 435 g/mol. The number of rotatable bonds is 8. The first-order valence-electron chi connectivity index (χ1n) is 9.14. The van der Waals surface area contributed by atoms with Crippen LogP contribution in [0.2, 0.25) is 0 Å². The molecule has 27 heavy (non-hydrogen) atoms. The third-order valence-corrected chi connectivity index (χ3v) is 9.50. The van der Waals surface area contributed by atoms with Crippen LogP contribution in [0.25, 0.3) is 0 Å². The number of halogens is 2. The second-order valence-corrected chi connectivity index (χ2v) is 10.6. The van der Waals surface area contributed by atoms with Crippen molar-refractivity contribution in [3.63, 3.8) is 0 Å². The van der Waals surface area contributed by atoms with E-state index in [1.165, 1.54) is 22.3 Å². The van der Waals surface area contributed by atoms with Gasteiger partial charge in [-0.05, 0) is 49.2 Å². The van der Waals surface area contributed by atoms with E-state index in [-0.39, 0.29) is 12.4 Å². The molecule has 0 aromatic heterocycles. The lowest BCUT2D eigenvalue weighted by Crippen LogP contribution is -3.00. The topological polar surface area (TPSA) is 0 Å². The van der Waals surface area contributed by atoms with Crippen molar-refractivity contribution in [1.82, 2.24) is 0 Å². The van der Waals surface area contributed by atoms with E-state index in [1.807, 2.05) is 0 Å². The molecule has 3 rings (SSSR count). The van der Waals surface area contributed by atoms with E-state index in [0.717, 1.165) is 17.9 Å². The minimum Gasteiger partial charge on any atom is -1.00 e. The van der Waals surface area contributed by atoms with Gasteiger partial charge in [0.1, 0.15) is 23.2 Å². The summed E-state index contributed by atoms with van der Waals surface area (Å²) in [6.45, 7) is 0. The SMILES string of the molecule is BrCCCC=CC[P+](c1ccccc1)(c1ccccc1)c1ccccc1.[Cl-]. The van der Waals surface area contributed by atoms with Gasteiger partial charge in [-0.2, -0.15) is 0 Å². The van der Waals surface area contributed by atoms with Crippen molar-refractivity contribution in [2.24, 2.45) is 0 Å². The fraction of sp³-hybridized carbons (Fsp3) is 0.167. The van der Waals surface area contributed by atoms with Gasteiger partial charge in [-0.3, -0.25) is 0 Å². The summed E-state index contributed by atoms with van der Waals surface area (Å²) in [5, 5.41) is 5.40. The zero-order valence-electron chi connectivity index (χ0n) is 15.3. The summed E-state index contributed by atoms with van der Waals surface area (Å²) in [6.07, 6.45) is 8.13. The molecule has 0 aliphatic carbocycles. The minimum absolute atomic E-state index is 0. The van der Waals surface area contributed by atoms with Gasteiger partial charge in [0.25, 0.3) is 0 Å². The van der Waals surface area contributed by atoms with Gasteiger partial charge in [-0.15, -0.1) is 0 Å². The average Bonchev–Trinajstić information content (AvgIpc) is 2.73. The van der Waals surface area contributed by atoms with Crippen molar-refractivity contribution >= 4 is 39.1 Å². The molecule has 0 aliphatic heterocycles. The number of hydrogen-bond donors (Lipinski definition) is 0. The number of unbranched alkanes of at least 4 members (excludes halogenated alkanes) is 1. The maximum atomic E-state index is 3.52. The Balaban J connectivity index is 0.00000261. The lowest BCUT2D eigenvalue weighted by Gasteiger charge is -2.26. The van der Waals surface area contributed by atoms with Crippen LogP contribution in [-0.4, -0.2) is 11.5 Å². The number of hydrogen-bond acceptors (Lipinski definition) is 0. The Morgan fingerprint density at radius 1 is 0.630 bits per heavy atom. The standard InChI is InChI=1S/C24H25BrP.ClH/c25-20-12-1-2-13-21-26(22-14-6-3-7-15-22,23-16-8-4-9-17-23)24-18-10-5-11-19-24;/h2-11,13-19H,1,12,20-21H2;1H/q+1;/p-1. The van der Waals surface area contributed by atoms with Gasteiger partial charge in [0, 0.05) is 5.33 Å². The van der Waals surface area contributed by atoms with E-state index in [1.54, 1.807) is 0 Å². The summed E-state index contributed by atoms with van der Waals surface area (Å²) in [6, 6.07) is 33.2. The monoisotopic (exact) mass is 458 g/mol. The van der Waals surface area contributed by atoms with E-state index < -0.39 is 7.26 Å². The molecule has 3 heteroatoms. The van der Waals surface area contributed by atoms with Crippen molar-refractivity contribution < 1.29 is 12.4 Å². The van der Waals surface area contributed by atoms with Crippen molar-refractivity contribution in [1.29, 1.82) is 0 Å². The zero-order valence-corrected chi connectivity index (χ0v) is 18.6. The summed E-state index contributed by atoms with van der Waals surface area (Å²) in [5.74, 6) is 0. The molecule has 0 spiro atoms. The highest BCUT2D eigenvalue weighted by atomic mass is 79.9. The molecule has 0 fully saturated rings. The highest BCUT2D eigenvalue weighted by molar-refractivity contribution is 9.09. The number of benzene rings is 3. The molecule has 0 saturated carbocycles. The van der Waals surface area contributed by atoms with E-state index in [9.17, 15) is 0 Å². The quantitative estimate of drug-likeness (QED) is 0.210. The first-order valence-corrected chi connectivity index (χ1v) is 12.2. The average molecular weight is 460 g/mol. The molecule has 0 atom stereocenters. The Morgan fingerprint density at radius 2 is 1.04 bits per heavy atom. The Labute approximate surface area is 178 Å². The lowest BCUT2D eigenvalue weighted by molar-refractivity contribution is -0.00000497. The van der Waals surface area contributed by atoms with Crippen LogP contribution in [0.15, 0.2) is 103 Å². The molecule has 0 amide bonds. The van der Waals surface area contributed by atoms with Gasteiger partial charge in [-0.1, -0.05) is 82.7 Å². The fourth-order valence-electron chi connectivity index (χ4n) is 3.36. The van der Waals surface area contributed by atoms with Gasteiger partial charge in [0.2, 0.25) is 0 Å². The molecule has 0 radical (unpaired) electrons. The van der Waals surface area contributed by atoms with Crippen LogP contribution < -0.4 is 28.3 Å². The molecule has 0 unspecified atom stereocenters. The lowest BCUT2D eigenvalue weighted by atomic mass is 10.3. The van der Waals surface area contributed by atoms with Gasteiger partial charge in [0.05, 0.1) is 6.16 Å².